The van der Waals surface area contributed by atoms with Gasteiger partial charge in [0.2, 0.25) is 0 Å². The smallest absolute Gasteiger partial charge is 0.285 e. The van der Waals surface area contributed by atoms with Crippen molar-refractivity contribution in [2.75, 3.05) is 13.2 Å². The summed E-state index contributed by atoms with van der Waals surface area (Å²) in [6.07, 6.45) is -5.25. The molecule has 0 saturated heterocycles. The zero-order valence-corrected chi connectivity index (χ0v) is 29.5. The van der Waals surface area contributed by atoms with Gasteiger partial charge < -0.3 is 49.4 Å². The van der Waals surface area contributed by atoms with Crippen molar-refractivity contribution >= 4 is 6.02 Å². The lowest BCUT2D eigenvalue weighted by Gasteiger charge is -2.46. The molecule has 3 aliphatic rings. The monoisotopic (exact) mass is 724 g/mol. The molecule has 10 atom stereocenters. The van der Waals surface area contributed by atoms with Crippen LogP contribution in [0.1, 0.15) is 28.7 Å². The van der Waals surface area contributed by atoms with Crippen molar-refractivity contribution in [3.05, 3.63) is 144 Å². The van der Waals surface area contributed by atoms with E-state index in [4.69, 9.17) is 23.7 Å². The van der Waals surface area contributed by atoms with Gasteiger partial charge in [-0.1, -0.05) is 121 Å². The van der Waals surface area contributed by atoms with E-state index in [-0.39, 0.29) is 11.9 Å². The molecule has 4 aromatic carbocycles. The molecule has 0 unspecified atom stereocenters. The number of hydrogen-bond acceptors (Lipinski definition) is 11. The average molecular weight is 725 g/mol. The number of hydrogen-bond donors (Lipinski definition) is 5. The van der Waals surface area contributed by atoms with Crippen molar-refractivity contribution in [1.82, 2.24) is 5.32 Å². The second kappa shape index (κ2) is 17.3. The number of aliphatic imine (C=N–C) groups is 1. The minimum Gasteiger partial charge on any atom is -0.457 e. The quantitative estimate of drug-likeness (QED) is 0.123. The average Bonchev–Trinajstić information content (AvgIpc) is 3.70. The Morgan fingerprint density at radius 2 is 1.13 bits per heavy atom. The molecule has 4 aromatic rings. The third-order valence-corrected chi connectivity index (χ3v) is 10.4. The van der Waals surface area contributed by atoms with E-state index in [1.165, 1.54) is 0 Å². The van der Waals surface area contributed by atoms with Crippen molar-refractivity contribution in [2.24, 2.45) is 10.9 Å². The molecule has 2 saturated carbocycles. The van der Waals surface area contributed by atoms with Gasteiger partial charge in [-0.2, -0.15) is 0 Å². The Labute approximate surface area is 309 Å². The van der Waals surface area contributed by atoms with Crippen LogP contribution < -0.4 is 5.32 Å². The van der Waals surface area contributed by atoms with Gasteiger partial charge in [0.25, 0.3) is 6.02 Å². The van der Waals surface area contributed by atoms with Crippen molar-refractivity contribution in [1.29, 1.82) is 0 Å². The number of aliphatic hydroxyl groups excluding tert-OH is 3. The minimum absolute atomic E-state index is 0.0746. The lowest BCUT2D eigenvalue weighted by atomic mass is 9.79. The molecule has 5 N–H and O–H groups in total. The Balaban J connectivity index is 1.21. The van der Waals surface area contributed by atoms with Crippen LogP contribution in [0.25, 0.3) is 0 Å². The molecule has 7 rings (SSSR count). The third-order valence-electron chi connectivity index (χ3n) is 10.4. The topological polar surface area (TPSA) is 151 Å². The van der Waals surface area contributed by atoms with E-state index in [1.54, 1.807) is 0 Å². The lowest BCUT2D eigenvalue weighted by molar-refractivity contribution is -0.202. The van der Waals surface area contributed by atoms with Gasteiger partial charge >= 0.3 is 0 Å². The summed E-state index contributed by atoms with van der Waals surface area (Å²) in [7, 11) is 0. The fourth-order valence-electron chi connectivity index (χ4n) is 7.56. The second-order valence-corrected chi connectivity index (χ2v) is 14.1. The molecule has 53 heavy (non-hydrogen) atoms. The van der Waals surface area contributed by atoms with E-state index in [2.05, 4.69) is 10.3 Å². The fourth-order valence-corrected chi connectivity index (χ4v) is 7.56. The molecule has 1 heterocycles. The van der Waals surface area contributed by atoms with Crippen molar-refractivity contribution in [3.8, 4) is 0 Å². The van der Waals surface area contributed by atoms with Crippen LogP contribution in [-0.2, 0) is 50.1 Å². The molecule has 280 valence electrons. The third kappa shape index (κ3) is 8.64. The van der Waals surface area contributed by atoms with E-state index in [0.29, 0.717) is 39.5 Å². The van der Waals surface area contributed by atoms with Gasteiger partial charge in [-0.15, -0.1) is 0 Å². The molecular formula is C42H48N2O9. The molecule has 11 nitrogen and oxygen atoms in total. The molecule has 0 aromatic heterocycles. The predicted octanol–water partition coefficient (Wildman–Crippen LogP) is 3.52. The maximum atomic E-state index is 11.1. The molecule has 0 spiro atoms. The first-order chi connectivity index (χ1) is 25.9. The van der Waals surface area contributed by atoms with E-state index >= 15 is 0 Å². The van der Waals surface area contributed by atoms with Crippen LogP contribution in [0.5, 0.6) is 0 Å². The summed E-state index contributed by atoms with van der Waals surface area (Å²) >= 11 is 0. The summed E-state index contributed by atoms with van der Waals surface area (Å²) in [5, 5.41) is 45.7. The zero-order valence-electron chi connectivity index (χ0n) is 29.5. The van der Waals surface area contributed by atoms with Crippen molar-refractivity contribution in [3.63, 3.8) is 0 Å². The Bertz CT molecular complexity index is 1740. The Kier molecular flexibility index (Phi) is 12.1. The van der Waals surface area contributed by atoms with Gasteiger partial charge in [-0.3, -0.25) is 0 Å². The van der Waals surface area contributed by atoms with E-state index in [9.17, 15) is 20.4 Å². The number of fused-ring (bicyclic) bond motifs is 1. The first kappa shape index (κ1) is 37.2. The summed E-state index contributed by atoms with van der Waals surface area (Å²) in [4.78, 5) is 4.56. The normalized spacial score (nSPS) is 30.7. The molecule has 1 aliphatic heterocycles. The Morgan fingerprint density at radius 1 is 0.660 bits per heavy atom. The van der Waals surface area contributed by atoms with Gasteiger partial charge in [0.05, 0.1) is 51.8 Å². The highest BCUT2D eigenvalue weighted by molar-refractivity contribution is 5.77. The largest absolute Gasteiger partial charge is 0.457 e. The number of rotatable bonds is 15. The predicted molar refractivity (Wildman–Crippen MR) is 196 cm³/mol. The fraction of sp³-hybridized carbons (Fsp3) is 0.405. The minimum atomic E-state index is -2.06. The maximum absolute atomic E-state index is 11.1. The zero-order chi connectivity index (χ0) is 36.6. The van der Waals surface area contributed by atoms with Gasteiger partial charge in [0.1, 0.15) is 36.1 Å². The summed E-state index contributed by atoms with van der Waals surface area (Å²) in [5.41, 5.74) is 2.00. The van der Waals surface area contributed by atoms with Gasteiger partial charge in [-0.05, 0) is 28.7 Å². The second-order valence-electron chi connectivity index (χ2n) is 14.1. The SMILES string of the molecule is OC[C@]1(O)[C@@H]2N=C(N[C@H]3C[C@H](COCc4ccccc4)[C@@H](OCc4ccccc4)[C@H](OCc4ccccc4)[C@H]3OCc3ccccc3)O[C@@H]2[C@@H](O)[C@@H]1O. The number of ether oxygens (including phenoxy) is 5. The first-order valence-electron chi connectivity index (χ1n) is 18.2. The van der Waals surface area contributed by atoms with Crippen molar-refractivity contribution in [2.45, 2.75) is 87.2 Å². The number of nitrogens with one attached hydrogen (secondary N) is 1. The van der Waals surface area contributed by atoms with Gasteiger partial charge in [0.15, 0.2) is 6.10 Å². The van der Waals surface area contributed by atoms with E-state index in [0.717, 1.165) is 22.3 Å². The van der Waals surface area contributed by atoms with Crippen LogP contribution in [0.4, 0.5) is 0 Å². The van der Waals surface area contributed by atoms with Crippen LogP contribution in [-0.4, -0.2) is 94.0 Å². The summed E-state index contributed by atoms with van der Waals surface area (Å²) in [5.74, 6) is -0.180. The van der Waals surface area contributed by atoms with E-state index in [1.807, 2.05) is 121 Å². The molecule has 0 amide bonds. The molecule has 11 heteroatoms. The highest BCUT2D eigenvalue weighted by atomic mass is 16.6. The highest BCUT2D eigenvalue weighted by Gasteiger charge is 2.63. The number of nitrogens with zero attached hydrogens (tertiary/aromatic N) is 1. The highest BCUT2D eigenvalue weighted by Crippen LogP contribution is 2.39. The summed E-state index contributed by atoms with van der Waals surface area (Å²) in [6, 6.07) is 38.4. The number of aliphatic hydroxyl groups is 4. The van der Waals surface area contributed by atoms with Gasteiger partial charge in [0, 0.05) is 5.92 Å². The Hall–Kier alpha value is -4.17. The molecule has 0 radical (unpaired) electrons. The van der Waals surface area contributed by atoms with Crippen molar-refractivity contribution < 1.29 is 44.1 Å². The van der Waals surface area contributed by atoms with Crippen LogP contribution in [0, 0.1) is 5.92 Å². The van der Waals surface area contributed by atoms with Crippen LogP contribution in [0.3, 0.4) is 0 Å². The Morgan fingerprint density at radius 3 is 1.64 bits per heavy atom. The van der Waals surface area contributed by atoms with Gasteiger partial charge in [-0.25, -0.2) is 4.99 Å². The standard InChI is InChI=1S/C42H48N2O9/c45-27-42(48)39-37(34(46)40(42)47)53-41(44-39)43-33-21-32(26-49-22-28-13-5-1-6-14-28)35(50-23-29-15-7-2-8-16-29)38(52-25-31-19-11-4-12-20-31)36(33)51-24-30-17-9-3-10-18-30/h1-20,32-40,45-48H,21-27H2,(H,43,44)/t32-,33+,34-,35-,36+,37-,38+,39-,40+,42+/m1/s1. The molecule has 2 fully saturated rings. The van der Waals surface area contributed by atoms with E-state index < -0.39 is 60.9 Å². The number of benzene rings is 4. The lowest BCUT2D eigenvalue weighted by Crippen LogP contribution is -2.62. The van der Waals surface area contributed by atoms with Crippen LogP contribution >= 0.6 is 0 Å². The van der Waals surface area contributed by atoms with Crippen LogP contribution in [0.2, 0.25) is 0 Å². The molecular weight excluding hydrogens is 676 g/mol. The summed E-state index contributed by atoms with van der Waals surface area (Å²) < 4.78 is 32.9. The first-order valence-corrected chi connectivity index (χ1v) is 18.2. The number of amidine groups is 1. The molecule has 2 aliphatic carbocycles. The molecule has 0 bridgehead atoms. The summed E-state index contributed by atoms with van der Waals surface area (Å²) in [6.45, 7) is 0.939. The maximum Gasteiger partial charge on any atom is 0.285 e. The van der Waals surface area contributed by atoms with Crippen LogP contribution in [0.15, 0.2) is 126 Å².